The van der Waals surface area contributed by atoms with Gasteiger partial charge in [0.2, 0.25) is 11.8 Å². The highest BCUT2D eigenvalue weighted by atomic mass is 35.5. The molecule has 1 atom stereocenters. The molecule has 4 nitrogen and oxygen atoms in total. The van der Waals surface area contributed by atoms with Crippen LogP contribution in [0.3, 0.4) is 0 Å². The number of amides is 2. The number of carbonyl (C=O) groups is 2. The van der Waals surface area contributed by atoms with Crippen molar-refractivity contribution < 1.29 is 14.0 Å². The molecule has 2 amide bonds. The Labute approximate surface area is 128 Å². The van der Waals surface area contributed by atoms with E-state index in [-0.39, 0.29) is 23.3 Å². The first-order valence-electron chi connectivity index (χ1n) is 6.90. The molecule has 1 saturated heterocycles. The number of nitrogens with one attached hydrogen (secondary N) is 1. The molecular formula is C15H18ClFN2O2. The lowest BCUT2D eigenvalue weighted by molar-refractivity contribution is -0.138. The molecule has 1 fully saturated rings. The summed E-state index contributed by atoms with van der Waals surface area (Å²) in [6.45, 7) is 4.23. The van der Waals surface area contributed by atoms with Crippen molar-refractivity contribution in [3.63, 3.8) is 0 Å². The summed E-state index contributed by atoms with van der Waals surface area (Å²) in [6.07, 6.45) is 0.772. The third kappa shape index (κ3) is 3.35. The van der Waals surface area contributed by atoms with Gasteiger partial charge in [-0.2, -0.15) is 0 Å². The van der Waals surface area contributed by atoms with Crippen molar-refractivity contribution in [3.8, 4) is 0 Å². The van der Waals surface area contributed by atoms with Gasteiger partial charge in [-0.1, -0.05) is 24.6 Å². The summed E-state index contributed by atoms with van der Waals surface area (Å²) in [7, 11) is 0. The maximum atomic E-state index is 13.2. The molecular weight excluding hydrogens is 295 g/mol. The van der Waals surface area contributed by atoms with E-state index >= 15 is 0 Å². The maximum absolute atomic E-state index is 13.2. The lowest BCUT2D eigenvalue weighted by Gasteiger charge is -2.31. The van der Waals surface area contributed by atoms with E-state index < -0.39 is 11.4 Å². The molecule has 0 saturated carbocycles. The Kier molecular flexibility index (Phi) is 4.52. The van der Waals surface area contributed by atoms with Gasteiger partial charge in [0.25, 0.3) is 0 Å². The second kappa shape index (κ2) is 6.02. The number of nitrogens with zero attached hydrogens (tertiary/aromatic N) is 1. The van der Waals surface area contributed by atoms with E-state index in [4.69, 9.17) is 11.6 Å². The molecule has 2 rings (SSSR count). The minimum atomic E-state index is -0.891. The fourth-order valence-electron chi connectivity index (χ4n) is 2.36. The fraction of sp³-hybridized carbons (Fsp3) is 0.467. The quantitative estimate of drug-likeness (QED) is 0.932. The minimum absolute atomic E-state index is 0.0298. The Hall–Kier alpha value is -1.62. The molecule has 0 bridgehead atoms. The van der Waals surface area contributed by atoms with E-state index in [1.807, 2.05) is 6.92 Å². The van der Waals surface area contributed by atoms with E-state index in [1.165, 1.54) is 12.1 Å². The van der Waals surface area contributed by atoms with E-state index in [0.717, 1.165) is 5.56 Å². The standard InChI is InChI=1S/C15H18ClFN2O2/c1-3-15(2)14(21)19(7-6-13(20)18-15)9-10-4-5-12(17)11(16)8-10/h4-5,8H,3,6-7,9H2,1-2H3,(H,18,20). The van der Waals surface area contributed by atoms with Crippen LogP contribution in [0.15, 0.2) is 18.2 Å². The van der Waals surface area contributed by atoms with Gasteiger partial charge in [0, 0.05) is 19.5 Å². The van der Waals surface area contributed by atoms with Crippen molar-refractivity contribution in [3.05, 3.63) is 34.6 Å². The molecule has 0 radical (unpaired) electrons. The van der Waals surface area contributed by atoms with Crippen molar-refractivity contribution >= 4 is 23.4 Å². The number of halogens is 2. The van der Waals surface area contributed by atoms with Crippen LogP contribution in [0.5, 0.6) is 0 Å². The first-order valence-corrected chi connectivity index (χ1v) is 7.28. The molecule has 1 aliphatic rings. The predicted molar refractivity (Wildman–Crippen MR) is 78.3 cm³/mol. The summed E-state index contributed by atoms with van der Waals surface area (Å²) in [4.78, 5) is 26.0. The molecule has 1 heterocycles. The van der Waals surface area contributed by atoms with Crippen molar-refractivity contribution in [2.24, 2.45) is 0 Å². The first kappa shape index (κ1) is 15.8. The topological polar surface area (TPSA) is 49.4 Å². The van der Waals surface area contributed by atoms with Gasteiger partial charge in [0.05, 0.1) is 5.02 Å². The number of hydrogen-bond donors (Lipinski definition) is 1. The Bertz CT molecular complexity index is 579. The highest BCUT2D eigenvalue weighted by Gasteiger charge is 2.38. The molecule has 1 unspecified atom stereocenters. The second-order valence-electron chi connectivity index (χ2n) is 5.46. The SMILES string of the molecule is CCC1(C)NC(=O)CCN(Cc2ccc(F)c(Cl)c2)C1=O. The van der Waals surface area contributed by atoms with Gasteiger partial charge in [-0.05, 0) is 31.0 Å². The molecule has 1 aliphatic heterocycles. The van der Waals surface area contributed by atoms with E-state index in [0.29, 0.717) is 19.5 Å². The molecule has 0 spiro atoms. The first-order chi connectivity index (χ1) is 9.85. The summed E-state index contributed by atoms with van der Waals surface area (Å²) in [5.41, 5.74) is -0.153. The molecule has 1 aromatic rings. The minimum Gasteiger partial charge on any atom is -0.342 e. The van der Waals surface area contributed by atoms with Crippen molar-refractivity contribution in [1.82, 2.24) is 10.2 Å². The van der Waals surface area contributed by atoms with Crippen molar-refractivity contribution in [2.75, 3.05) is 6.54 Å². The van der Waals surface area contributed by atoms with Crippen LogP contribution in [0.1, 0.15) is 32.3 Å². The van der Waals surface area contributed by atoms with E-state index in [1.54, 1.807) is 17.9 Å². The largest absolute Gasteiger partial charge is 0.342 e. The van der Waals surface area contributed by atoms with Crippen LogP contribution in [0.4, 0.5) is 4.39 Å². The van der Waals surface area contributed by atoms with Crippen LogP contribution in [-0.2, 0) is 16.1 Å². The summed E-state index contributed by atoms with van der Waals surface area (Å²) in [6, 6.07) is 4.38. The van der Waals surface area contributed by atoms with Crippen LogP contribution in [0, 0.1) is 5.82 Å². The molecule has 21 heavy (non-hydrogen) atoms. The zero-order valence-electron chi connectivity index (χ0n) is 12.1. The van der Waals surface area contributed by atoms with Gasteiger partial charge in [-0.25, -0.2) is 4.39 Å². The number of carbonyl (C=O) groups excluding carboxylic acids is 2. The molecule has 1 N–H and O–H groups in total. The van der Waals surface area contributed by atoms with Gasteiger partial charge in [0.1, 0.15) is 11.4 Å². The number of benzene rings is 1. The van der Waals surface area contributed by atoms with Gasteiger partial charge >= 0.3 is 0 Å². The zero-order chi connectivity index (χ0) is 15.6. The normalized spacial score (nSPS) is 23.0. The summed E-state index contributed by atoms with van der Waals surface area (Å²) < 4.78 is 13.2. The van der Waals surface area contributed by atoms with Crippen LogP contribution < -0.4 is 5.32 Å². The fourth-order valence-corrected chi connectivity index (χ4v) is 2.56. The number of hydrogen-bond acceptors (Lipinski definition) is 2. The van der Waals surface area contributed by atoms with Crippen LogP contribution in [-0.4, -0.2) is 28.8 Å². The molecule has 114 valence electrons. The molecule has 0 aliphatic carbocycles. The third-order valence-corrected chi connectivity index (χ3v) is 4.14. The second-order valence-corrected chi connectivity index (χ2v) is 5.87. The van der Waals surface area contributed by atoms with Crippen LogP contribution in [0.25, 0.3) is 0 Å². The molecule has 6 heteroatoms. The van der Waals surface area contributed by atoms with Gasteiger partial charge in [0.15, 0.2) is 0 Å². The molecule has 0 aromatic heterocycles. The predicted octanol–water partition coefficient (Wildman–Crippen LogP) is 2.50. The highest BCUT2D eigenvalue weighted by molar-refractivity contribution is 6.30. The smallest absolute Gasteiger partial charge is 0.248 e. The monoisotopic (exact) mass is 312 g/mol. The summed E-state index contributed by atoms with van der Waals surface area (Å²) in [5.74, 6) is -0.749. The Morgan fingerprint density at radius 3 is 2.76 bits per heavy atom. The Morgan fingerprint density at radius 2 is 2.14 bits per heavy atom. The summed E-state index contributed by atoms with van der Waals surface area (Å²) >= 11 is 5.76. The lowest BCUT2D eigenvalue weighted by atomic mass is 9.97. The Balaban J connectivity index is 2.23. The van der Waals surface area contributed by atoms with E-state index in [2.05, 4.69) is 5.32 Å². The van der Waals surface area contributed by atoms with Crippen molar-refractivity contribution in [1.29, 1.82) is 0 Å². The van der Waals surface area contributed by atoms with E-state index in [9.17, 15) is 14.0 Å². The summed E-state index contributed by atoms with van der Waals surface area (Å²) in [5, 5.41) is 2.80. The van der Waals surface area contributed by atoms with Gasteiger partial charge in [-0.3, -0.25) is 9.59 Å². The molecule has 1 aromatic carbocycles. The third-order valence-electron chi connectivity index (χ3n) is 3.85. The van der Waals surface area contributed by atoms with Crippen LogP contribution in [0.2, 0.25) is 5.02 Å². The van der Waals surface area contributed by atoms with Crippen molar-refractivity contribution in [2.45, 2.75) is 38.8 Å². The van der Waals surface area contributed by atoms with Gasteiger partial charge in [-0.15, -0.1) is 0 Å². The zero-order valence-corrected chi connectivity index (χ0v) is 12.8. The maximum Gasteiger partial charge on any atom is 0.248 e. The number of rotatable bonds is 3. The average Bonchev–Trinajstić information content (AvgIpc) is 2.55. The van der Waals surface area contributed by atoms with Crippen LogP contribution >= 0.6 is 11.6 Å². The highest BCUT2D eigenvalue weighted by Crippen LogP contribution is 2.21. The Morgan fingerprint density at radius 1 is 1.43 bits per heavy atom. The van der Waals surface area contributed by atoms with Gasteiger partial charge < -0.3 is 10.2 Å². The average molecular weight is 313 g/mol. The lowest BCUT2D eigenvalue weighted by Crippen LogP contribution is -2.54.